The number of phenols is 1. The topological polar surface area (TPSA) is 49.7 Å². The zero-order valence-corrected chi connectivity index (χ0v) is 9.66. The average Bonchev–Trinajstić information content (AvgIpc) is 2.76. The first kappa shape index (κ1) is 11.8. The van der Waals surface area contributed by atoms with Gasteiger partial charge in [-0.15, -0.1) is 0 Å². The van der Waals surface area contributed by atoms with Gasteiger partial charge in [0.15, 0.2) is 11.6 Å². The second kappa shape index (κ2) is 4.30. The van der Waals surface area contributed by atoms with Crippen molar-refractivity contribution in [2.24, 2.45) is 4.99 Å². The quantitative estimate of drug-likeness (QED) is 0.633. The third kappa shape index (κ3) is 1.85. The van der Waals surface area contributed by atoms with Crippen LogP contribution in [0.15, 0.2) is 17.1 Å². The third-order valence-corrected chi connectivity index (χ3v) is 3.50. The zero-order valence-electron chi connectivity index (χ0n) is 9.66. The van der Waals surface area contributed by atoms with Crippen molar-refractivity contribution in [1.82, 2.24) is 0 Å². The van der Waals surface area contributed by atoms with Gasteiger partial charge in [0, 0.05) is 5.56 Å². The normalized spacial score (nSPS) is 17.8. The molecule has 17 heavy (non-hydrogen) atoms. The summed E-state index contributed by atoms with van der Waals surface area (Å²) >= 11 is 0. The van der Waals surface area contributed by atoms with E-state index < -0.39 is 11.4 Å². The maximum absolute atomic E-state index is 13.7. The van der Waals surface area contributed by atoms with Crippen LogP contribution in [0.2, 0.25) is 0 Å². The minimum absolute atomic E-state index is 0.383. The van der Waals surface area contributed by atoms with Gasteiger partial charge in [-0.25, -0.2) is 9.18 Å². The molecule has 1 aromatic carbocycles. The minimum atomic E-state index is -0.777. The number of aliphatic imine (C=N–C) groups is 1. The van der Waals surface area contributed by atoms with Gasteiger partial charge in [-0.2, -0.15) is 4.99 Å². The highest BCUT2D eigenvalue weighted by molar-refractivity contribution is 5.46. The molecule has 1 aliphatic carbocycles. The van der Waals surface area contributed by atoms with E-state index in [4.69, 9.17) is 0 Å². The monoisotopic (exact) mass is 235 g/mol. The largest absolute Gasteiger partial charge is 0.505 e. The van der Waals surface area contributed by atoms with Crippen LogP contribution in [-0.4, -0.2) is 11.2 Å². The van der Waals surface area contributed by atoms with E-state index in [2.05, 4.69) is 4.99 Å². The summed E-state index contributed by atoms with van der Waals surface area (Å²) in [7, 11) is 0. The Balaban J connectivity index is 2.58. The fraction of sp³-hybridized carbons (Fsp3) is 0.462. The first-order valence-corrected chi connectivity index (χ1v) is 5.68. The molecule has 1 fully saturated rings. The fourth-order valence-electron chi connectivity index (χ4n) is 2.53. The van der Waals surface area contributed by atoms with Crippen molar-refractivity contribution in [3.05, 3.63) is 29.1 Å². The van der Waals surface area contributed by atoms with E-state index >= 15 is 0 Å². The average molecular weight is 235 g/mol. The van der Waals surface area contributed by atoms with E-state index in [1.807, 2.05) is 0 Å². The lowest BCUT2D eigenvalue weighted by Gasteiger charge is -2.24. The Bertz CT molecular complexity index is 486. The Morgan fingerprint density at radius 1 is 1.41 bits per heavy atom. The summed E-state index contributed by atoms with van der Waals surface area (Å²) in [6.45, 7) is 1.59. The Kier molecular flexibility index (Phi) is 2.99. The lowest BCUT2D eigenvalue weighted by molar-refractivity contribution is 0.384. The number of aryl methyl sites for hydroxylation is 1. The number of hydrogen-bond donors (Lipinski definition) is 1. The molecule has 0 bridgehead atoms. The van der Waals surface area contributed by atoms with Crippen molar-refractivity contribution in [2.45, 2.75) is 38.1 Å². The van der Waals surface area contributed by atoms with Crippen molar-refractivity contribution in [3.63, 3.8) is 0 Å². The van der Waals surface area contributed by atoms with Crippen LogP contribution < -0.4 is 0 Å². The zero-order chi connectivity index (χ0) is 12.5. The number of hydrogen-bond acceptors (Lipinski definition) is 3. The van der Waals surface area contributed by atoms with Crippen LogP contribution in [0.5, 0.6) is 5.75 Å². The molecule has 1 saturated carbocycles. The summed E-state index contributed by atoms with van der Waals surface area (Å²) < 4.78 is 13.7. The van der Waals surface area contributed by atoms with Gasteiger partial charge in [0.25, 0.3) is 0 Å². The maximum Gasteiger partial charge on any atom is 0.235 e. The van der Waals surface area contributed by atoms with Gasteiger partial charge < -0.3 is 5.11 Å². The number of isocyanates is 1. The van der Waals surface area contributed by atoms with E-state index in [1.54, 1.807) is 25.1 Å². The Morgan fingerprint density at radius 2 is 2.06 bits per heavy atom. The molecule has 3 nitrogen and oxygen atoms in total. The van der Waals surface area contributed by atoms with Gasteiger partial charge >= 0.3 is 0 Å². The highest BCUT2D eigenvalue weighted by Crippen LogP contribution is 2.46. The van der Waals surface area contributed by atoms with Crippen molar-refractivity contribution in [3.8, 4) is 5.75 Å². The first-order chi connectivity index (χ1) is 8.10. The van der Waals surface area contributed by atoms with Crippen LogP contribution in [0.25, 0.3) is 0 Å². The smallest absolute Gasteiger partial charge is 0.235 e. The number of benzene rings is 1. The van der Waals surface area contributed by atoms with Crippen LogP contribution in [-0.2, 0) is 10.3 Å². The van der Waals surface area contributed by atoms with Crippen LogP contribution in [0.4, 0.5) is 4.39 Å². The number of nitrogens with zero attached hydrogens (tertiary/aromatic N) is 1. The lowest BCUT2D eigenvalue weighted by Crippen LogP contribution is -2.19. The van der Waals surface area contributed by atoms with Gasteiger partial charge in [-0.1, -0.05) is 25.0 Å². The summed E-state index contributed by atoms with van der Waals surface area (Å²) in [5.74, 6) is -1.01. The summed E-state index contributed by atoms with van der Waals surface area (Å²) in [6, 6.07) is 3.25. The molecule has 0 radical (unpaired) electrons. The number of phenolic OH excluding ortho intramolecular Hbond substituents is 1. The molecule has 0 saturated heterocycles. The van der Waals surface area contributed by atoms with Gasteiger partial charge in [0.05, 0.1) is 0 Å². The molecule has 1 aliphatic rings. The fourth-order valence-corrected chi connectivity index (χ4v) is 2.53. The molecular weight excluding hydrogens is 221 g/mol. The molecule has 2 rings (SSSR count). The molecule has 0 aliphatic heterocycles. The van der Waals surface area contributed by atoms with Crippen molar-refractivity contribution >= 4 is 6.08 Å². The van der Waals surface area contributed by atoms with Crippen molar-refractivity contribution in [2.75, 3.05) is 0 Å². The second-order valence-electron chi connectivity index (χ2n) is 4.53. The molecule has 0 amide bonds. The van der Waals surface area contributed by atoms with Crippen molar-refractivity contribution in [1.29, 1.82) is 0 Å². The highest BCUT2D eigenvalue weighted by Gasteiger charge is 2.38. The Morgan fingerprint density at radius 3 is 2.65 bits per heavy atom. The van der Waals surface area contributed by atoms with Gasteiger partial charge in [-0.3, -0.25) is 0 Å². The summed E-state index contributed by atoms with van der Waals surface area (Å²) in [5, 5.41) is 9.87. The molecule has 0 spiro atoms. The lowest BCUT2D eigenvalue weighted by atomic mass is 9.87. The molecule has 90 valence electrons. The van der Waals surface area contributed by atoms with Crippen LogP contribution >= 0.6 is 0 Å². The minimum Gasteiger partial charge on any atom is -0.505 e. The van der Waals surface area contributed by atoms with E-state index in [0.717, 1.165) is 12.8 Å². The summed E-state index contributed by atoms with van der Waals surface area (Å²) in [6.07, 6.45) is 4.69. The van der Waals surface area contributed by atoms with Crippen LogP contribution in [0.1, 0.15) is 36.8 Å². The molecule has 4 heteroatoms. The summed E-state index contributed by atoms with van der Waals surface area (Å²) in [4.78, 5) is 14.4. The molecule has 1 aromatic rings. The maximum atomic E-state index is 13.7. The molecule has 0 aromatic heterocycles. The predicted octanol–water partition coefficient (Wildman–Crippen LogP) is 2.94. The van der Waals surface area contributed by atoms with E-state index in [9.17, 15) is 14.3 Å². The summed E-state index contributed by atoms with van der Waals surface area (Å²) in [5.41, 5.74) is 0.0105. The van der Waals surface area contributed by atoms with Gasteiger partial charge in [-0.05, 0) is 25.3 Å². The number of rotatable bonds is 2. The van der Waals surface area contributed by atoms with Gasteiger partial charge in [0.1, 0.15) is 5.54 Å². The predicted molar refractivity (Wildman–Crippen MR) is 61.1 cm³/mol. The van der Waals surface area contributed by atoms with E-state index in [1.165, 1.54) is 0 Å². The molecule has 0 atom stereocenters. The molecule has 1 N–H and O–H groups in total. The molecule has 0 heterocycles. The van der Waals surface area contributed by atoms with Gasteiger partial charge in [0.2, 0.25) is 6.08 Å². The third-order valence-electron chi connectivity index (χ3n) is 3.50. The van der Waals surface area contributed by atoms with E-state index in [0.29, 0.717) is 24.0 Å². The Hall–Kier alpha value is -1.67. The first-order valence-electron chi connectivity index (χ1n) is 5.68. The highest BCUT2D eigenvalue weighted by atomic mass is 19.1. The van der Waals surface area contributed by atoms with E-state index in [-0.39, 0.29) is 5.75 Å². The number of aromatic hydroxyl groups is 1. The number of halogens is 1. The number of carbonyl (C=O) groups excluding carboxylic acids is 1. The molecular formula is C13H14FNO2. The second-order valence-corrected chi connectivity index (χ2v) is 4.53. The standard InChI is InChI=1S/C13H14FNO2/c1-9-4-5-10(12(17)11(9)14)13(15-8-16)6-2-3-7-13/h4-5,17H,2-3,6-7H2,1H3. The SMILES string of the molecule is Cc1ccc(C2(N=C=O)CCCC2)c(O)c1F. The molecule has 0 unspecified atom stereocenters. The Labute approximate surface area is 99.0 Å². The van der Waals surface area contributed by atoms with Crippen LogP contribution in [0.3, 0.4) is 0 Å². The van der Waals surface area contributed by atoms with Crippen LogP contribution in [0, 0.1) is 12.7 Å². The van der Waals surface area contributed by atoms with Crippen molar-refractivity contribution < 1.29 is 14.3 Å².